The Morgan fingerprint density at radius 2 is 1.82 bits per heavy atom. The van der Waals surface area contributed by atoms with Crippen LogP contribution in [-0.4, -0.2) is 51.8 Å². The van der Waals surface area contributed by atoms with Gasteiger partial charge in [0.2, 0.25) is 10.0 Å². The minimum atomic E-state index is -3.17. The van der Waals surface area contributed by atoms with Gasteiger partial charge < -0.3 is 4.98 Å². The maximum absolute atomic E-state index is 14.1. The lowest BCUT2D eigenvalue weighted by Crippen LogP contribution is -2.38. The number of aromatic nitrogens is 4. The molecule has 1 fully saturated rings. The van der Waals surface area contributed by atoms with E-state index < -0.39 is 21.7 Å². The fourth-order valence-corrected chi connectivity index (χ4v) is 5.31. The molecule has 1 aliphatic heterocycles. The first-order chi connectivity index (χ1) is 15.7. The molecule has 33 heavy (non-hydrogen) atoms. The molecule has 0 saturated carbocycles. The van der Waals surface area contributed by atoms with Crippen LogP contribution in [0.2, 0.25) is 0 Å². The van der Waals surface area contributed by atoms with Gasteiger partial charge in [-0.1, -0.05) is 0 Å². The Morgan fingerprint density at radius 1 is 1.06 bits per heavy atom. The maximum atomic E-state index is 14.1. The maximum Gasteiger partial charge on any atom is 0.211 e. The van der Waals surface area contributed by atoms with Crippen LogP contribution in [0.3, 0.4) is 0 Å². The average molecular weight is 472 g/mol. The number of piperidine rings is 1. The van der Waals surface area contributed by atoms with Crippen LogP contribution in [0.1, 0.15) is 24.4 Å². The molecule has 0 radical (unpaired) electrons. The summed E-state index contributed by atoms with van der Waals surface area (Å²) < 4.78 is 54.9. The topological polar surface area (TPSA) is 83.9 Å². The summed E-state index contributed by atoms with van der Waals surface area (Å²) in [6.45, 7) is 2.57. The summed E-state index contributed by atoms with van der Waals surface area (Å²) in [5.74, 6) is -1.22. The molecule has 5 rings (SSSR count). The largest absolute Gasteiger partial charge is 0.346 e. The highest BCUT2D eigenvalue weighted by Gasteiger charge is 2.26. The monoisotopic (exact) mass is 471 g/mol. The lowest BCUT2D eigenvalue weighted by atomic mass is 9.99. The fraction of sp³-hybridized carbons (Fsp3) is 0.304. The van der Waals surface area contributed by atoms with E-state index in [-0.39, 0.29) is 6.04 Å². The number of fused-ring (bicyclic) bond motifs is 1. The smallest absolute Gasteiger partial charge is 0.211 e. The number of hydrogen-bond acceptors (Lipinski definition) is 4. The molecule has 0 aliphatic carbocycles. The summed E-state index contributed by atoms with van der Waals surface area (Å²) in [5.41, 5.74) is 3.85. The summed E-state index contributed by atoms with van der Waals surface area (Å²) in [7, 11) is -3.17. The Morgan fingerprint density at radius 3 is 2.55 bits per heavy atom. The van der Waals surface area contributed by atoms with E-state index in [0.717, 1.165) is 22.6 Å². The zero-order valence-corrected chi connectivity index (χ0v) is 19.0. The van der Waals surface area contributed by atoms with Gasteiger partial charge in [0.25, 0.3) is 0 Å². The van der Waals surface area contributed by atoms with Crippen LogP contribution in [-0.2, 0) is 10.0 Å². The number of nitrogens with one attached hydrogen (secondary N) is 1. The number of aromatic amines is 1. The number of halogens is 2. The van der Waals surface area contributed by atoms with Crippen molar-refractivity contribution in [2.75, 3.05) is 19.3 Å². The first-order valence-corrected chi connectivity index (χ1v) is 12.5. The third-order valence-corrected chi connectivity index (χ3v) is 7.63. The van der Waals surface area contributed by atoms with E-state index in [9.17, 15) is 17.2 Å². The Labute approximate surface area is 190 Å². The van der Waals surface area contributed by atoms with Crippen molar-refractivity contribution in [3.63, 3.8) is 0 Å². The molecule has 0 unspecified atom stereocenters. The van der Waals surface area contributed by atoms with Crippen LogP contribution >= 0.6 is 0 Å². The van der Waals surface area contributed by atoms with Crippen LogP contribution in [0.5, 0.6) is 0 Å². The Bertz CT molecular complexity index is 1450. The van der Waals surface area contributed by atoms with Gasteiger partial charge >= 0.3 is 0 Å². The highest BCUT2D eigenvalue weighted by Crippen LogP contribution is 2.34. The standard InChI is InChI=1S/C23H23F2N5O2S/c1-14-19(8-17(24)9-22(14)25)21-12-27-23-20(21)7-15(10-26-23)16-11-28-30(13-16)18-3-5-29(6-4-18)33(2,31)32/h7-13,18H,3-6H2,1-2H3,(H,26,27). The van der Waals surface area contributed by atoms with Gasteiger partial charge in [-0.25, -0.2) is 26.5 Å². The first-order valence-electron chi connectivity index (χ1n) is 10.6. The van der Waals surface area contributed by atoms with Crippen molar-refractivity contribution in [1.29, 1.82) is 0 Å². The van der Waals surface area contributed by atoms with Gasteiger partial charge in [-0.05, 0) is 43.0 Å². The van der Waals surface area contributed by atoms with Crippen LogP contribution in [0, 0.1) is 18.6 Å². The fourth-order valence-electron chi connectivity index (χ4n) is 4.43. The van der Waals surface area contributed by atoms with Gasteiger partial charge in [0.05, 0.1) is 18.5 Å². The highest BCUT2D eigenvalue weighted by atomic mass is 32.2. The van der Waals surface area contributed by atoms with Gasteiger partial charge in [-0.2, -0.15) is 5.10 Å². The van der Waals surface area contributed by atoms with Gasteiger partial charge in [0, 0.05) is 59.8 Å². The van der Waals surface area contributed by atoms with Gasteiger partial charge in [-0.3, -0.25) is 4.68 Å². The molecule has 10 heteroatoms. The second-order valence-corrected chi connectivity index (χ2v) is 10.5. The summed E-state index contributed by atoms with van der Waals surface area (Å²) in [4.78, 5) is 7.56. The van der Waals surface area contributed by atoms with Crippen molar-refractivity contribution >= 4 is 21.1 Å². The Kier molecular flexibility index (Phi) is 5.29. The van der Waals surface area contributed by atoms with Crippen molar-refractivity contribution in [3.8, 4) is 22.3 Å². The normalized spacial score (nSPS) is 16.0. The summed E-state index contributed by atoms with van der Waals surface area (Å²) in [5, 5.41) is 5.26. The van der Waals surface area contributed by atoms with E-state index in [1.54, 1.807) is 25.5 Å². The molecule has 4 heterocycles. The molecule has 0 spiro atoms. The Hall–Kier alpha value is -3.11. The predicted octanol–water partition coefficient (Wildman–Crippen LogP) is 4.28. The van der Waals surface area contributed by atoms with Gasteiger partial charge in [0.1, 0.15) is 17.3 Å². The molecule has 1 aromatic carbocycles. The van der Waals surface area contributed by atoms with Crippen LogP contribution in [0.25, 0.3) is 33.3 Å². The number of benzene rings is 1. The van der Waals surface area contributed by atoms with E-state index in [2.05, 4.69) is 15.1 Å². The van der Waals surface area contributed by atoms with Gasteiger partial charge in [-0.15, -0.1) is 0 Å². The van der Waals surface area contributed by atoms with E-state index in [4.69, 9.17) is 0 Å². The average Bonchev–Trinajstić information content (AvgIpc) is 3.43. The third kappa shape index (κ3) is 4.04. The number of sulfonamides is 1. The van der Waals surface area contributed by atoms with E-state index in [1.807, 2.05) is 16.9 Å². The van der Waals surface area contributed by atoms with Crippen molar-refractivity contribution in [1.82, 2.24) is 24.1 Å². The molecule has 3 aromatic heterocycles. The molecule has 0 atom stereocenters. The number of H-pyrrole nitrogens is 1. The molecule has 7 nitrogen and oxygen atoms in total. The molecule has 0 amide bonds. The van der Waals surface area contributed by atoms with Crippen LogP contribution < -0.4 is 0 Å². The SMILES string of the molecule is Cc1c(F)cc(F)cc1-c1c[nH]c2ncc(-c3cnn(C4CCN(S(C)(=O)=O)CC4)c3)cc12. The quantitative estimate of drug-likeness (QED) is 0.482. The molecular weight excluding hydrogens is 448 g/mol. The zero-order valence-electron chi connectivity index (χ0n) is 18.2. The predicted molar refractivity (Wildman–Crippen MR) is 122 cm³/mol. The number of hydrogen-bond donors (Lipinski definition) is 1. The minimum absolute atomic E-state index is 0.120. The lowest BCUT2D eigenvalue weighted by Gasteiger charge is -2.30. The Balaban J connectivity index is 1.45. The zero-order chi connectivity index (χ0) is 23.3. The second kappa shape index (κ2) is 8.03. The van der Waals surface area contributed by atoms with Crippen molar-refractivity contribution in [2.24, 2.45) is 0 Å². The molecular formula is C23H23F2N5O2S. The third-order valence-electron chi connectivity index (χ3n) is 6.33. The number of pyridine rings is 1. The first kappa shape index (κ1) is 21.7. The molecule has 4 aromatic rings. The molecule has 1 N–H and O–H groups in total. The van der Waals surface area contributed by atoms with E-state index in [0.29, 0.717) is 48.3 Å². The minimum Gasteiger partial charge on any atom is -0.346 e. The van der Waals surface area contributed by atoms with Crippen LogP contribution in [0.4, 0.5) is 8.78 Å². The van der Waals surface area contributed by atoms with Crippen molar-refractivity contribution < 1.29 is 17.2 Å². The molecule has 172 valence electrons. The van der Waals surface area contributed by atoms with Crippen molar-refractivity contribution in [3.05, 3.63) is 60.2 Å². The molecule has 0 bridgehead atoms. The molecule has 1 saturated heterocycles. The van der Waals surface area contributed by atoms with Gasteiger partial charge in [0.15, 0.2) is 0 Å². The lowest BCUT2D eigenvalue weighted by molar-refractivity contribution is 0.262. The summed E-state index contributed by atoms with van der Waals surface area (Å²) >= 11 is 0. The second-order valence-electron chi connectivity index (χ2n) is 8.48. The number of nitrogens with zero attached hydrogens (tertiary/aromatic N) is 4. The van der Waals surface area contributed by atoms with Crippen LogP contribution in [0.15, 0.2) is 43.0 Å². The van der Waals surface area contributed by atoms with E-state index in [1.165, 1.54) is 16.6 Å². The summed E-state index contributed by atoms with van der Waals surface area (Å²) in [6.07, 6.45) is 9.75. The summed E-state index contributed by atoms with van der Waals surface area (Å²) in [6, 6.07) is 4.26. The van der Waals surface area contributed by atoms with Crippen molar-refractivity contribution in [2.45, 2.75) is 25.8 Å². The highest BCUT2D eigenvalue weighted by molar-refractivity contribution is 7.88. The number of rotatable bonds is 4. The van der Waals surface area contributed by atoms with E-state index >= 15 is 0 Å². The molecule has 1 aliphatic rings.